The molecule has 2 atom stereocenters. The van der Waals surface area contributed by atoms with E-state index in [4.69, 9.17) is 20.6 Å². The number of aliphatic hydroxyl groups is 1. The van der Waals surface area contributed by atoms with E-state index in [9.17, 15) is 9.59 Å². The van der Waals surface area contributed by atoms with Gasteiger partial charge in [0.1, 0.15) is 0 Å². The molecule has 0 aromatic carbocycles. The first-order valence-corrected chi connectivity index (χ1v) is 2.54. The summed E-state index contributed by atoms with van der Waals surface area (Å²) in [6.07, 6.45) is -2.17. The Kier molecular flexibility index (Phi) is 3.01. The van der Waals surface area contributed by atoms with Crippen LogP contribution in [0, 0.1) is 17.2 Å². The molecule has 0 bridgehead atoms. The van der Waals surface area contributed by atoms with Gasteiger partial charge in [-0.25, -0.2) is 4.79 Å². The minimum absolute atomic E-state index is 1.15. The molecule has 0 radical (unpaired) electrons. The van der Waals surface area contributed by atoms with Crippen LogP contribution >= 0.6 is 0 Å². The van der Waals surface area contributed by atoms with Crippen LogP contribution in [0.5, 0.6) is 0 Å². The van der Waals surface area contributed by atoms with Crippen LogP contribution in [0.2, 0.25) is 0 Å². The van der Waals surface area contributed by atoms with Gasteiger partial charge in [-0.15, -0.1) is 0 Å². The van der Waals surface area contributed by atoms with Gasteiger partial charge in [-0.05, 0) is 0 Å². The average molecular weight is 159 g/mol. The molecule has 0 aliphatic heterocycles. The van der Waals surface area contributed by atoms with Crippen molar-refractivity contribution < 1.29 is 24.9 Å². The van der Waals surface area contributed by atoms with Gasteiger partial charge in [0.25, 0.3) is 0 Å². The fraction of sp³-hybridized carbons (Fsp3) is 0.400. The van der Waals surface area contributed by atoms with Crippen LogP contribution in [0.25, 0.3) is 0 Å². The third kappa shape index (κ3) is 2.23. The molecule has 0 saturated heterocycles. The molecule has 0 rings (SSSR count). The first kappa shape index (κ1) is 9.39. The van der Waals surface area contributed by atoms with Gasteiger partial charge in [0.15, 0.2) is 12.0 Å². The topological polar surface area (TPSA) is 119 Å². The lowest BCUT2D eigenvalue weighted by atomic mass is 10.1. The largest absolute Gasteiger partial charge is 0.480 e. The smallest absolute Gasteiger partial charge is 0.334 e. The van der Waals surface area contributed by atoms with Crippen molar-refractivity contribution in [2.45, 2.75) is 6.10 Å². The molecule has 0 spiro atoms. The van der Waals surface area contributed by atoms with Crippen molar-refractivity contribution >= 4 is 11.9 Å². The van der Waals surface area contributed by atoms with Crippen molar-refractivity contribution in [1.82, 2.24) is 0 Å². The van der Waals surface area contributed by atoms with Gasteiger partial charge < -0.3 is 15.3 Å². The number of hydrogen-bond donors (Lipinski definition) is 3. The van der Waals surface area contributed by atoms with Gasteiger partial charge in [0, 0.05) is 0 Å². The Morgan fingerprint density at radius 2 is 1.73 bits per heavy atom. The van der Waals surface area contributed by atoms with E-state index in [0.29, 0.717) is 0 Å². The summed E-state index contributed by atoms with van der Waals surface area (Å²) in [4.78, 5) is 20.0. The predicted octanol–water partition coefficient (Wildman–Crippen LogP) is -1.34. The number of nitriles is 1. The maximum Gasteiger partial charge on any atom is 0.334 e. The number of aliphatic hydroxyl groups excluding tert-OH is 1. The minimum atomic E-state index is -2.17. The lowest BCUT2D eigenvalue weighted by Gasteiger charge is -2.05. The van der Waals surface area contributed by atoms with Crippen molar-refractivity contribution in [3.8, 4) is 6.07 Å². The highest BCUT2D eigenvalue weighted by atomic mass is 16.4. The molecule has 60 valence electrons. The van der Waals surface area contributed by atoms with Crippen LogP contribution in [-0.4, -0.2) is 33.4 Å². The maximum atomic E-state index is 10.0. The summed E-state index contributed by atoms with van der Waals surface area (Å²) in [7, 11) is 0. The molecule has 6 nitrogen and oxygen atoms in total. The van der Waals surface area contributed by atoms with Gasteiger partial charge in [0.2, 0.25) is 0 Å². The summed E-state index contributed by atoms with van der Waals surface area (Å²) < 4.78 is 0. The highest BCUT2D eigenvalue weighted by Crippen LogP contribution is 2.02. The molecule has 0 heterocycles. The Morgan fingerprint density at radius 1 is 1.27 bits per heavy atom. The first-order valence-electron chi connectivity index (χ1n) is 2.54. The number of carboxylic acids is 2. The number of carboxylic acid groups (broad SMARTS) is 2. The molecule has 6 heteroatoms. The van der Waals surface area contributed by atoms with Crippen molar-refractivity contribution in [3.05, 3.63) is 0 Å². The monoisotopic (exact) mass is 159 g/mol. The summed E-state index contributed by atoms with van der Waals surface area (Å²) in [5.41, 5.74) is 0. The Balaban J connectivity index is 4.42. The summed E-state index contributed by atoms with van der Waals surface area (Å²) in [6.45, 7) is 0. The third-order valence-electron chi connectivity index (χ3n) is 0.974. The zero-order valence-corrected chi connectivity index (χ0v) is 5.26. The van der Waals surface area contributed by atoms with Crippen LogP contribution < -0.4 is 0 Å². The number of nitrogens with zero attached hydrogens (tertiary/aromatic N) is 1. The van der Waals surface area contributed by atoms with Gasteiger partial charge in [-0.1, -0.05) is 0 Å². The van der Waals surface area contributed by atoms with E-state index in [-0.39, 0.29) is 0 Å². The number of aliphatic carboxylic acids is 2. The molecule has 0 fully saturated rings. The number of rotatable bonds is 3. The van der Waals surface area contributed by atoms with Crippen molar-refractivity contribution in [2.24, 2.45) is 5.92 Å². The maximum absolute atomic E-state index is 10.0. The molecular formula is C5H5NO5. The Labute approximate surface area is 61.3 Å². The van der Waals surface area contributed by atoms with Crippen LogP contribution in [0.15, 0.2) is 0 Å². The molecule has 0 aromatic heterocycles. The predicted molar refractivity (Wildman–Crippen MR) is 30.4 cm³/mol. The molecule has 0 aromatic rings. The van der Waals surface area contributed by atoms with Crippen LogP contribution in [-0.2, 0) is 9.59 Å². The summed E-state index contributed by atoms with van der Waals surface area (Å²) >= 11 is 0. The van der Waals surface area contributed by atoms with Crippen LogP contribution in [0.3, 0.4) is 0 Å². The SMILES string of the molecule is N#CC(C(=O)O)C(O)C(=O)O. The zero-order valence-electron chi connectivity index (χ0n) is 5.26. The molecule has 0 aliphatic rings. The van der Waals surface area contributed by atoms with Crippen molar-refractivity contribution in [3.63, 3.8) is 0 Å². The van der Waals surface area contributed by atoms with E-state index in [0.717, 1.165) is 6.07 Å². The molecule has 11 heavy (non-hydrogen) atoms. The first-order chi connectivity index (χ1) is 5.00. The average Bonchev–Trinajstić information content (AvgIpc) is 1.88. The Bertz CT molecular complexity index is 217. The lowest BCUT2D eigenvalue weighted by Crippen LogP contribution is -2.33. The van der Waals surface area contributed by atoms with E-state index in [1.54, 1.807) is 0 Å². The zero-order chi connectivity index (χ0) is 9.02. The second-order valence-corrected chi connectivity index (χ2v) is 1.73. The van der Waals surface area contributed by atoms with Gasteiger partial charge in [-0.2, -0.15) is 5.26 Å². The van der Waals surface area contributed by atoms with E-state index in [1.807, 2.05) is 0 Å². The molecule has 3 N–H and O–H groups in total. The minimum Gasteiger partial charge on any atom is -0.480 e. The van der Waals surface area contributed by atoms with E-state index in [2.05, 4.69) is 0 Å². The normalized spacial score (nSPS) is 14.5. The van der Waals surface area contributed by atoms with Crippen molar-refractivity contribution in [2.75, 3.05) is 0 Å². The molecule has 0 saturated carbocycles. The van der Waals surface area contributed by atoms with Crippen molar-refractivity contribution in [1.29, 1.82) is 5.26 Å². The fourth-order valence-electron chi connectivity index (χ4n) is 0.403. The summed E-state index contributed by atoms with van der Waals surface area (Å²) in [5, 5.41) is 32.8. The molecule has 0 amide bonds. The Morgan fingerprint density at radius 3 is 1.82 bits per heavy atom. The molecule has 0 aliphatic carbocycles. The second kappa shape index (κ2) is 3.53. The molecular weight excluding hydrogens is 154 g/mol. The highest BCUT2D eigenvalue weighted by molar-refractivity contribution is 5.83. The lowest BCUT2D eigenvalue weighted by molar-refractivity contribution is -0.156. The standard InChI is InChI=1S/C5H5NO5/c6-1-2(4(8)9)3(7)5(10)11/h2-3,7H,(H,8,9)(H,10,11). The molecule has 2 unspecified atom stereocenters. The highest BCUT2D eigenvalue weighted by Gasteiger charge is 2.31. The quantitative estimate of drug-likeness (QED) is 0.468. The van der Waals surface area contributed by atoms with Crippen LogP contribution in [0.1, 0.15) is 0 Å². The van der Waals surface area contributed by atoms with Gasteiger partial charge in [0.05, 0.1) is 6.07 Å². The van der Waals surface area contributed by atoms with E-state index in [1.165, 1.54) is 0 Å². The third-order valence-corrected chi connectivity index (χ3v) is 0.974. The Hall–Kier alpha value is -1.61. The number of hydrogen-bond acceptors (Lipinski definition) is 4. The second-order valence-electron chi connectivity index (χ2n) is 1.73. The fourth-order valence-corrected chi connectivity index (χ4v) is 0.403. The van der Waals surface area contributed by atoms with Crippen LogP contribution in [0.4, 0.5) is 0 Å². The van der Waals surface area contributed by atoms with E-state index >= 15 is 0 Å². The van der Waals surface area contributed by atoms with Gasteiger partial charge in [-0.3, -0.25) is 4.79 Å². The number of carbonyl (C=O) groups is 2. The summed E-state index contributed by atoms with van der Waals surface area (Å²) in [6, 6.07) is 1.15. The van der Waals surface area contributed by atoms with Gasteiger partial charge >= 0.3 is 11.9 Å². The van der Waals surface area contributed by atoms with E-state index < -0.39 is 24.0 Å². The summed E-state index contributed by atoms with van der Waals surface area (Å²) in [5.74, 6) is -5.28.